The lowest BCUT2D eigenvalue weighted by Gasteiger charge is -2.02. The quantitative estimate of drug-likeness (QED) is 0.545. The molecule has 4 aromatic rings. The number of benzene rings is 1. The van der Waals surface area contributed by atoms with Crippen LogP contribution in [0.2, 0.25) is 10.0 Å². The average Bonchev–Trinajstić information content (AvgIpc) is 3.18. The minimum absolute atomic E-state index is 0.0921. The van der Waals surface area contributed by atoms with Gasteiger partial charge in [0.25, 0.3) is 5.56 Å². The molecule has 0 spiro atoms. The summed E-state index contributed by atoms with van der Waals surface area (Å²) >= 11 is 12.0. The molecule has 0 amide bonds. The van der Waals surface area contributed by atoms with Gasteiger partial charge in [-0.05, 0) is 18.2 Å². The molecule has 0 N–H and O–H groups in total. The van der Waals surface area contributed by atoms with Gasteiger partial charge in [0.15, 0.2) is 5.65 Å². The zero-order valence-electron chi connectivity index (χ0n) is 12.8. The van der Waals surface area contributed by atoms with Gasteiger partial charge in [-0.2, -0.15) is 5.10 Å². The van der Waals surface area contributed by atoms with Crippen molar-refractivity contribution in [3.05, 3.63) is 57.0 Å². The molecule has 25 heavy (non-hydrogen) atoms. The van der Waals surface area contributed by atoms with Gasteiger partial charge >= 0.3 is 0 Å². The van der Waals surface area contributed by atoms with E-state index in [4.69, 9.17) is 27.6 Å². The maximum Gasteiger partial charge on any atom is 0.264 e. The summed E-state index contributed by atoms with van der Waals surface area (Å²) in [5, 5.41) is 13.3. The first-order valence-corrected chi connectivity index (χ1v) is 7.93. The predicted molar refractivity (Wildman–Crippen MR) is 91.6 cm³/mol. The van der Waals surface area contributed by atoms with Crippen LogP contribution in [0, 0.1) is 0 Å². The molecule has 0 aliphatic heterocycles. The molecule has 1 aromatic carbocycles. The van der Waals surface area contributed by atoms with Crippen molar-refractivity contribution in [3.8, 4) is 11.5 Å². The Labute approximate surface area is 150 Å². The van der Waals surface area contributed by atoms with Crippen LogP contribution in [-0.4, -0.2) is 29.5 Å². The lowest BCUT2D eigenvalue weighted by molar-refractivity contribution is 0.483. The van der Waals surface area contributed by atoms with Crippen LogP contribution >= 0.6 is 23.2 Å². The molecule has 3 aromatic heterocycles. The largest absolute Gasteiger partial charge is 0.419 e. The smallest absolute Gasteiger partial charge is 0.264 e. The fraction of sp³-hybridized carbons (Fsp3) is 0.133. The second kappa shape index (κ2) is 5.98. The Morgan fingerprint density at radius 1 is 1.24 bits per heavy atom. The minimum Gasteiger partial charge on any atom is -0.419 e. The van der Waals surface area contributed by atoms with E-state index in [0.717, 1.165) is 0 Å². The van der Waals surface area contributed by atoms with E-state index in [1.807, 2.05) is 0 Å². The Kier molecular flexibility index (Phi) is 3.78. The summed E-state index contributed by atoms with van der Waals surface area (Å²) in [5.74, 6) is 0.508. The molecule has 126 valence electrons. The highest BCUT2D eigenvalue weighted by molar-refractivity contribution is 6.36. The Hall–Kier alpha value is -2.71. The molecular formula is C15H10Cl2N6O2. The molecule has 0 saturated carbocycles. The van der Waals surface area contributed by atoms with Gasteiger partial charge in [0, 0.05) is 12.1 Å². The molecule has 10 heteroatoms. The molecular weight excluding hydrogens is 367 g/mol. The van der Waals surface area contributed by atoms with Crippen molar-refractivity contribution in [2.75, 3.05) is 0 Å². The lowest BCUT2D eigenvalue weighted by atomic mass is 10.2. The molecule has 0 aliphatic carbocycles. The molecule has 0 aliphatic rings. The van der Waals surface area contributed by atoms with Crippen LogP contribution in [0.5, 0.6) is 0 Å². The number of nitrogens with zero attached hydrogens (tertiary/aromatic N) is 6. The summed E-state index contributed by atoms with van der Waals surface area (Å²) in [6.45, 7) is 0.0921. The van der Waals surface area contributed by atoms with Gasteiger partial charge in [0.1, 0.15) is 18.3 Å². The van der Waals surface area contributed by atoms with E-state index >= 15 is 0 Å². The van der Waals surface area contributed by atoms with Crippen LogP contribution in [0.3, 0.4) is 0 Å². The molecule has 0 bridgehead atoms. The zero-order chi connectivity index (χ0) is 17.6. The molecule has 0 saturated heterocycles. The van der Waals surface area contributed by atoms with Gasteiger partial charge in [-0.15, -0.1) is 10.2 Å². The van der Waals surface area contributed by atoms with E-state index in [1.165, 1.54) is 21.8 Å². The summed E-state index contributed by atoms with van der Waals surface area (Å²) in [6, 6.07) is 4.96. The van der Waals surface area contributed by atoms with Crippen LogP contribution in [0.4, 0.5) is 0 Å². The van der Waals surface area contributed by atoms with Crippen molar-refractivity contribution in [3.63, 3.8) is 0 Å². The number of aromatic nitrogens is 6. The number of aryl methyl sites for hydroxylation is 1. The first-order chi connectivity index (χ1) is 12.0. The SMILES string of the molecule is Cn1ncc2c(=O)n(Cc3nnc(-c4ccc(Cl)cc4Cl)o3)cnc21. The van der Waals surface area contributed by atoms with Crippen LogP contribution in [0.25, 0.3) is 22.5 Å². The Balaban J connectivity index is 1.67. The fourth-order valence-electron chi connectivity index (χ4n) is 2.41. The second-order valence-electron chi connectivity index (χ2n) is 5.31. The summed E-state index contributed by atoms with van der Waals surface area (Å²) in [4.78, 5) is 16.7. The van der Waals surface area contributed by atoms with Crippen LogP contribution in [0.15, 0.2) is 39.9 Å². The summed E-state index contributed by atoms with van der Waals surface area (Å²) in [6.07, 6.45) is 2.90. The maximum absolute atomic E-state index is 12.5. The maximum atomic E-state index is 12.5. The van der Waals surface area contributed by atoms with E-state index in [9.17, 15) is 4.79 Å². The molecule has 0 atom stereocenters. The number of hydrogen-bond donors (Lipinski definition) is 0. The fourth-order valence-corrected chi connectivity index (χ4v) is 2.90. The van der Waals surface area contributed by atoms with E-state index in [0.29, 0.717) is 26.6 Å². The zero-order valence-corrected chi connectivity index (χ0v) is 14.4. The third-order valence-electron chi connectivity index (χ3n) is 3.65. The van der Waals surface area contributed by atoms with Gasteiger partial charge < -0.3 is 4.42 Å². The number of hydrogen-bond acceptors (Lipinski definition) is 6. The molecule has 0 radical (unpaired) electrons. The highest BCUT2D eigenvalue weighted by Gasteiger charge is 2.14. The molecule has 4 rings (SSSR count). The normalized spacial score (nSPS) is 11.3. The molecule has 8 nitrogen and oxygen atoms in total. The number of rotatable bonds is 3. The van der Waals surface area contributed by atoms with E-state index in [-0.39, 0.29) is 23.9 Å². The average molecular weight is 377 g/mol. The third kappa shape index (κ3) is 2.79. The van der Waals surface area contributed by atoms with Gasteiger partial charge in [-0.25, -0.2) is 4.98 Å². The summed E-state index contributed by atoms with van der Waals surface area (Å²) in [5.41, 5.74) is 0.848. The second-order valence-corrected chi connectivity index (χ2v) is 6.15. The van der Waals surface area contributed by atoms with Gasteiger partial charge in [-0.1, -0.05) is 23.2 Å². The monoisotopic (exact) mass is 376 g/mol. The predicted octanol–water partition coefficient (Wildman–Crippen LogP) is 2.54. The molecule has 3 heterocycles. The summed E-state index contributed by atoms with van der Waals surface area (Å²) < 4.78 is 8.52. The summed E-state index contributed by atoms with van der Waals surface area (Å²) in [7, 11) is 1.72. The topological polar surface area (TPSA) is 91.6 Å². The van der Waals surface area contributed by atoms with Crippen molar-refractivity contribution in [2.24, 2.45) is 7.05 Å². The number of fused-ring (bicyclic) bond motifs is 1. The minimum atomic E-state index is -0.234. The van der Waals surface area contributed by atoms with Crippen molar-refractivity contribution in [2.45, 2.75) is 6.54 Å². The first kappa shape index (κ1) is 15.8. The lowest BCUT2D eigenvalue weighted by Crippen LogP contribution is -2.21. The first-order valence-electron chi connectivity index (χ1n) is 7.18. The van der Waals surface area contributed by atoms with E-state index < -0.39 is 0 Å². The highest BCUT2D eigenvalue weighted by Crippen LogP contribution is 2.29. The van der Waals surface area contributed by atoms with E-state index in [1.54, 1.807) is 25.2 Å². The standard InChI is InChI=1S/C15H10Cl2N6O2/c1-22-13-10(5-19-22)15(24)23(7-18-13)6-12-20-21-14(25-12)9-3-2-8(16)4-11(9)17/h2-5,7H,6H2,1H3. The van der Waals surface area contributed by atoms with Crippen LogP contribution in [0.1, 0.15) is 5.89 Å². The van der Waals surface area contributed by atoms with Gasteiger partial charge in [0.05, 0.1) is 16.8 Å². The van der Waals surface area contributed by atoms with E-state index in [2.05, 4.69) is 20.3 Å². The van der Waals surface area contributed by atoms with Gasteiger partial charge in [-0.3, -0.25) is 14.0 Å². The highest BCUT2D eigenvalue weighted by atomic mass is 35.5. The van der Waals surface area contributed by atoms with Crippen molar-refractivity contribution >= 4 is 34.2 Å². The van der Waals surface area contributed by atoms with Crippen molar-refractivity contribution in [1.29, 1.82) is 0 Å². The molecule has 0 fully saturated rings. The Morgan fingerprint density at radius 2 is 2.08 bits per heavy atom. The Morgan fingerprint density at radius 3 is 2.88 bits per heavy atom. The molecule has 0 unspecified atom stereocenters. The van der Waals surface area contributed by atoms with Crippen LogP contribution in [-0.2, 0) is 13.6 Å². The van der Waals surface area contributed by atoms with Crippen LogP contribution < -0.4 is 5.56 Å². The Bertz CT molecular complexity index is 1150. The van der Waals surface area contributed by atoms with Crippen molar-refractivity contribution in [1.82, 2.24) is 29.5 Å². The van der Waals surface area contributed by atoms with Crippen molar-refractivity contribution < 1.29 is 4.42 Å². The third-order valence-corrected chi connectivity index (χ3v) is 4.20. The number of halogens is 2. The van der Waals surface area contributed by atoms with Gasteiger partial charge in [0.2, 0.25) is 11.8 Å².